The van der Waals surface area contributed by atoms with Crippen LogP contribution in [0.4, 0.5) is 0 Å². The molecule has 0 aliphatic carbocycles. The Hall–Kier alpha value is -3.13. The van der Waals surface area contributed by atoms with Crippen LogP contribution in [-0.4, -0.2) is 30.1 Å². The molecule has 0 spiro atoms. The highest BCUT2D eigenvalue weighted by Gasteiger charge is 2.11. The highest BCUT2D eigenvalue weighted by atomic mass is 32.1. The molecule has 0 bridgehead atoms. The molecule has 8 heteroatoms. The molecule has 184 valence electrons. The van der Waals surface area contributed by atoms with Crippen LogP contribution in [0.15, 0.2) is 48.5 Å². The molecule has 34 heavy (non-hydrogen) atoms. The van der Waals surface area contributed by atoms with Gasteiger partial charge in [0.25, 0.3) is 11.8 Å². The van der Waals surface area contributed by atoms with Gasteiger partial charge in [-0.3, -0.25) is 25.8 Å². The number of hydrazine groups is 1. The molecule has 0 atom stereocenters. The fourth-order valence-corrected chi connectivity index (χ4v) is 3.34. The molecule has 0 radical (unpaired) electrons. The molecule has 0 aliphatic heterocycles. The van der Waals surface area contributed by atoms with Crippen LogP contribution in [0.3, 0.4) is 0 Å². The summed E-state index contributed by atoms with van der Waals surface area (Å²) in [6, 6.07) is 14.4. The van der Waals surface area contributed by atoms with Crippen molar-refractivity contribution in [2.75, 3.05) is 13.2 Å². The van der Waals surface area contributed by atoms with Gasteiger partial charge >= 0.3 is 0 Å². The number of hydrogen-bond acceptors (Lipinski definition) is 5. The van der Waals surface area contributed by atoms with Gasteiger partial charge in [-0.1, -0.05) is 64.7 Å². The van der Waals surface area contributed by atoms with E-state index in [0.717, 1.165) is 24.2 Å². The maximum absolute atomic E-state index is 12.4. The molecular formula is C26H35N3O4S. The molecule has 0 aromatic heterocycles. The van der Waals surface area contributed by atoms with E-state index in [2.05, 4.69) is 36.9 Å². The van der Waals surface area contributed by atoms with Crippen LogP contribution in [0.25, 0.3) is 0 Å². The zero-order valence-corrected chi connectivity index (χ0v) is 21.0. The SMILES string of the molecule is CCCCCCCOc1ccc(C(=O)NC(=S)NNC(=O)COc2ccccc2C(C)C)cc1. The van der Waals surface area contributed by atoms with Gasteiger partial charge in [0.05, 0.1) is 6.61 Å². The maximum Gasteiger partial charge on any atom is 0.276 e. The lowest BCUT2D eigenvalue weighted by molar-refractivity contribution is -0.123. The first-order chi connectivity index (χ1) is 16.4. The van der Waals surface area contributed by atoms with E-state index in [9.17, 15) is 9.59 Å². The molecule has 2 rings (SSSR count). The van der Waals surface area contributed by atoms with E-state index in [4.69, 9.17) is 21.7 Å². The Bertz CT molecular complexity index is 932. The molecule has 2 aromatic rings. The largest absolute Gasteiger partial charge is 0.494 e. The second-order valence-electron chi connectivity index (χ2n) is 8.22. The van der Waals surface area contributed by atoms with Gasteiger partial charge in [-0.2, -0.15) is 0 Å². The van der Waals surface area contributed by atoms with Crippen LogP contribution < -0.4 is 25.6 Å². The minimum atomic E-state index is -0.425. The van der Waals surface area contributed by atoms with Crippen molar-refractivity contribution in [3.63, 3.8) is 0 Å². The molecule has 2 aromatic carbocycles. The first-order valence-electron chi connectivity index (χ1n) is 11.8. The fourth-order valence-electron chi connectivity index (χ4n) is 3.20. The Kier molecular flexibility index (Phi) is 11.9. The Morgan fingerprint density at radius 2 is 1.62 bits per heavy atom. The molecule has 0 aliphatic rings. The quantitative estimate of drug-likeness (QED) is 0.226. The second kappa shape index (κ2) is 14.9. The van der Waals surface area contributed by atoms with E-state index in [1.165, 1.54) is 19.3 Å². The van der Waals surface area contributed by atoms with Gasteiger partial charge in [-0.25, -0.2) is 0 Å². The summed E-state index contributed by atoms with van der Waals surface area (Å²) in [6.45, 7) is 6.78. The van der Waals surface area contributed by atoms with Crippen molar-refractivity contribution in [2.24, 2.45) is 0 Å². The third-order valence-corrected chi connectivity index (χ3v) is 5.28. The van der Waals surface area contributed by atoms with E-state index in [1.54, 1.807) is 24.3 Å². The Balaban J connectivity index is 1.69. The Morgan fingerprint density at radius 3 is 2.32 bits per heavy atom. The van der Waals surface area contributed by atoms with E-state index < -0.39 is 5.91 Å². The normalized spacial score (nSPS) is 10.5. The molecule has 0 saturated heterocycles. The minimum absolute atomic E-state index is 0.0201. The van der Waals surface area contributed by atoms with Gasteiger partial charge in [0.1, 0.15) is 11.5 Å². The number of carbonyl (C=O) groups is 2. The lowest BCUT2D eigenvalue weighted by Gasteiger charge is -2.14. The Labute approximate surface area is 207 Å². The number of unbranched alkanes of at least 4 members (excludes halogenated alkanes) is 4. The number of amides is 2. The van der Waals surface area contributed by atoms with Gasteiger partial charge in [-0.05, 0) is 60.5 Å². The lowest BCUT2D eigenvalue weighted by Crippen LogP contribution is -2.49. The van der Waals surface area contributed by atoms with Crippen molar-refractivity contribution >= 4 is 29.1 Å². The summed E-state index contributed by atoms with van der Waals surface area (Å²) in [5.74, 6) is 0.842. The van der Waals surface area contributed by atoms with Crippen molar-refractivity contribution in [3.05, 3.63) is 59.7 Å². The average molecular weight is 486 g/mol. The van der Waals surface area contributed by atoms with Gasteiger partial charge in [0, 0.05) is 5.56 Å². The van der Waals surface area contributed by atoms with E-state index >= 15 is 0 Å². The standard InChI is InChI=1S/C26H35N3O4S/c1-4-5-6-7-10-17-32-21-15-13-20(14-16-21)25(31)27-26(34)29-28-24(30)18-33-23-12-9-8-11-22(23)19(2)3/h8-9,11-16,19H,4-7,10,17-18H2,1-3H3,(H,28,30)(H2,27,29,31,34). The van der Waals surface area contributed by atoms with Gasteiger partial charge in [-0.15, -0.1) is 0 Å². The van der Waals surface area contributed by atoms with Gasteiger partial charge in [0.15, 0.2) is 11.7 Å². The van der Waals surface area contributed by atoms with Crippen LogP contribution in [0, 0.1) is 0 Å². The molecule has 3 N–H and O–H groups in total. The van der Waals surface area contributed by atoms with Crippen molar-refractivity contribution in [1.29, 1.82) is 0 Å². The summed E-state index contributed by atoms with van der Waals surface area (Å²) in [5, 5.41) is 2.51. The topological polar surface area (TPSA) is 88.7 Å². The summed E-state index contributed by atoms with van der Waals surface area (Å²) >= 11 is 5.08. The second-order valence-corrected chi connectivity index (χ2v) is 8.63. The number of hydrogen-bond donors (Lipinski definition) is 3. The summed E-state index contributed by atoms with van der Waals surface area (Å²) in [4.78, 5) is 24.4. The molecule has 7 nitrogen and oxygen atoms in total. The van der Waals surface area contributed by atoms with E-state index in [0.29, 0.717) is 17.9 Å². The highest BCUT2D eigenvalue weighted by Crippen LogP contribution is 2.25. The van der Waals surface area contributed by atoms with Crippen LogP contribution in [0.2, 0.25) is 0 Å². The van der Waals surface area contributed by atoms with Crippen LogP contribution >= 0.6 is 12.2 Å². The number of nitrogens with one attached hydrogen (secondary N) is 3. The average Bonchev–Trinajstić information content (AvgIpc) is 2.84. The molecule has 0 unspecified atom stereocenters. The number of carbonyl (C=O) groups excluding carboxylic acids is 2. The predicted octanol–water partition coefficient (Wildman–Crippen LogP) is 4.87. The van der Waals surface area contributed by atoms with E-state index in [-0.39, 0.29) is 23.5 Å². The summed E-state index contributed by atoms with van der Waals surface area (Å²) in [5.41, 5.74) is 6.38. The summed E-state index contributed by atoms with van der Waals surface area (Å²) < 4.78 is 11.3. The molecule has 0 heterocycles. The highest BCUT2D eigenvalue weighted by molar-refractivity contribution is 7.80. The third kappa shape index (κ3) is 9.79. The number of thiocarbonyl (C=S) groups is 1. The molecule has 0 saturated carbocycles. The number of ether oxygens (including phenoxy) is 2. The molecular weight excluding hydrogens is 450 g/mol. The summed E-state index contributed by atoms with van der Waals surface area (Å²) in [6.07, 6.45) is 5.88. The smallest absolute Gasteiger partial charge is 0.276 e. The number of para-hydroxylation sites is 1. The minimum Gasteiger partial charge on any atom is -0.494 e. The fraction of sp³-hybridized carbons (Fsp3) is 0.423. The van der Waals surface area contributed by atoms with E-state index in [1.807, 2.05) is 24.3 Å². The van der Waals surface area contributed by atoms with Gasteiger partial charge in [0.2, 0.25) is 0 Å². The molecule has 0 fully saturated rings. The van der Waals surface area contributed by atoms with Crippen LogP contribution in [-0.2, 0) is 4.79 Å². The van der Waals surface area contributed by atoms with Crippen LogP contribution in [0.1, 0.15) is 74.7 Å². The van der Waals surface area contributed by atoms with Crippen molar-refractivity contribution in [1.82, 2.24) is 16.2 Å². The van der Waals surface area contributed by atoms with Crippen molar-refractivity contribution < 1.29 is 19.1 Å². The first kappa shape index (κ1) is 27.1. The molecule has 2 amide bonds. The first-order valence-corrected chi connectivity index (χ1v) is 12.2. The summed E-state index contributed by atoms with van der Waals surface area (Å²) in [7, 11) is 0. The number of benzene rings is 2. The van der Waals surface area contributed by atoms with Crippen molar-refractivity contribution in [2.45, 2.75) is 58.8 Å². The third-order valence-electron chi connectivity index (χ3n) is 5.08. The Morgan fingerprint density at radius 1 is 0.912 bits per heavy atom. The maximum atomic E-state index is 12.4. The van der Waals surface area contributed by atoms with Crippen molar-refractivity contribution in [3.8, 4) is 11.5 Å². The monoisotopic (exact) mass is 485 g/mol. The number of rotatable bonds is 12. The zero-order valence-electron chi connectivity index (χ0n) is 20.2. The van der Waals surface area contributed by atoms with Crippen LogP contribution in [0.5, 0.6) is 11.5 Å². The predicted molar refractivity (Wildman–Crippen MR) is 138 cm³/mol. The van der Waals surface area contributed by atoms with Gasteiger partial charge < -0.3 is 9.47 Å². The zero-order chi connectivity index (χ0) is 24.8. The lowest BCUT2D eigenvalue weighted by atomic mass is 10.0.